The molecule has 1 aliphatic carbocycles. The van der Waals surface area contributed by atoms with E-state index in [0.717, 1.165) is 17.3 Å². The molecule has 1 aromatic rings. The van der Waals surface area contributed by atoms with Gasteiger partial charge in [0, 0.05) is 25.7 Å². The molecule has 0 radical (unpaired) electrons. The summed E-state index contributed by atoms with van der Waals surface area (Å²) in [6.45, 7) is 2.31. The summed E-state index contributed by atoms with van der Waals surface area (Å²) in [5.41, 5.74) is 8.46. The third kappa shape index (κ3) is 3.06. The molecule has 2 unspecified atom stereocenters. The van der Waals surface area contributed by atoms with Crippen LogP contribution in [-0.2, 0) is 0 Å². The molecule has 0 heterocycles. The van der Waals surface area contributed by atoms with Gasteiger partial charge in [-0.15, -0.1) is 0 Å². The Hall–Kier alpha value is -1.71. The van der Waals surface area contributed by atoms with Gasteiger partial charge < -0.3 is 16.0 Å². The minimum atomic E-state index is -0.0725. The molecule has 4 heteroatoms. The molecule has 0 saturated heterocycles. The second kappa shape index (κ2) is 6.16. The number of carbonyl (C=O) groups is 1. The Morgan fingerprint density at radius 3 is 2.80 bits per heavy atom. The molecule has 1 aromatic carbocycles. The highest BCUT2D eigenvalue weighted by atomic mass is 16.1. The second-order valence-electron chi connectivity index (χ2n) is 5.89. The van der Waals surface area contributed by atoms with Crippen molar-refractivity contribution in [1.82, 2.24) is 5.32 Å². The first-order valence-corrected chi connectivity index (χ1v) is 7.37. The standard InChI is InChI=1S/C16H25N3O/c1-11-5-4-6-13(9-11)19(3)15-10-12(16(20)18-2)7-8-14(15)17/h7-8,10-11,13H,4-6,9,17H2,1-3H3,(H,18,20). The highest BCUT2D eigenvalue weighted by molar-refractivity contribution is 5.96. The fourth-order valence-corrected chi connectivity index (χ4v) is 3.09. The van der Waals surface area contributed by atoms with Gasteiger partial charge in [-0.05, 0) is 37.0 Å². The Morgan fingerprint density at radius 2 is 2.15 bits per heavy atom. The van der Waals surface area contributed by atoms with Crippen molar-refractivity contribution < 1.29 is 4.79 Å². The lowest BCUT2D eigenvalue weighted by Crippen LogP contribution is -2.36. The molecule has 2 rings (SSSR count). The lowest BCUT2D eigenvalue weighted by molar-refractivity contribution is 0.0963. The number of hydrogen-bond donors (Lipinski definition) is 2. The lowest BCUT2D eigenvalue weighted by atomic mass is 9.86. The largest absolute Gasteiger partial charge is 0.397 e. The van der Waals surface area contributed by atoms with E-state index in [9.17, 15) is 4.79 Å². The van der Waals surface area contributed by atoms with E-state index in [1.807, 2.05) is 12.1 Å². The Bertz CT molecular complexity index is 487. The van der Waals surface area contributed by atoms with Crippen molar-refractivity contribution in [3.63, 3.8) is 0 Å². The first-order chi connectivity index (χ1) is 9.52. The molecule has 0 aliphatic heterocycles. The molecule has 0 aromatic heterocycles. The van der Waals surface area contributed by atoms with Crippen LogP contribution < -0.4 is 16.0 Å². The number of rotatable bonds is 3. The molecule has 0 spiro atoms. The molecule has 1 saturated carbocycles. The molecule has 20 heavy (non-hydrogen) atoms. The molecule has 1 amide bonds. The van der Waals surface area contributed by atoms with Crippen LogP contribution in [-0.4, -0.2) is 26.0 Å². The predicted molar refractivity (Wildman–Crippen MR) is 84.1 cm³/mol. The first kappa shape index (κ1) is 14.7. The molecule has 3 N–H and O–H groups in total. The minimum absolute atomic E-state index is 0.0725. The maximum absolute atomic E-state index is 11.8. The Kier molecular flexibility index (Phi) is 4.53. The fourth-order valence-electron chi connectivity index (χ4n) is 3.09. The Morgan fingerprint density at radius 1 is 1.40 bits per heavy atom. The van der Waals surface area contributed by atoms with Crippen LogP contribution in [0.1, 0.15) is 43.0 Å². The fraction of sp³-hybridized carbons (Fsp3) is 0.562. The smallest absolute Gasteiger partial charge is 0.251 e. The molecular weight excluding hydrogens is 250 g/mol. The molecule has 1 fully saturated rings. The maximum Gasteiger partial charge on any atom is 0.251 e. The van der Waals surface area contributed by atoms with E-state index < -0.39 is 0 Å². The van der Waals surface area contributed by atoms with Crippen LogP contribution in [0.25, 0.3) is 0 Å². The van der Waals surface area contributed by atoms with E-state index in [1.165, 1.54) is 25.7 Å². The summed E-state index contributed by atoms with van der Waals surface area (Å²) in [6, 6.07) is 6.01. The van der Waals surface area contributed by atoms with E-state index in [1.54, 1.807) is 13.1 Å². The zero-order valence-corrected chi connectivity index (χ0v) is 12.6. The van der Waals surface area contributed by atoms with Gasteiger partial charge in [0.15, 0.2) is 0 Å². The van der Waals surface area contributed by atoms with Crippen molar-refractivity contribution in [2.75, 3.05) is 24.7 Å². The average Bonchev–Trinajstić information content (AvgIpc) is 2.46. The van der Waals surface area contributed by atoms with Gasteiger partial charge in [-0.2, -0.15) is 0 Å². The van der Waals surface area contributed by atoms with Gasteiger partial charge in [-0.25, -0.2) is 0 Å². The number of benzene rings is 1. The van der Waals surface area contributed by atoms with Gasteiger partial charge in [-0.3, -0.25) is 4.79 Å². The number of nitrogens with two attached hydrogens (primary N) is 1. The van der Waals surface area contributed by atoms with Gasteiger partial charge >= 0.3 is 0 Å². The summed E-state index contributed by atoms with van der Waals surface area (Å²) in [5.74, 6) is 0.691. The quantitative estimate of drug-likeness (QED) is 0.834. The number of anilines is 2. The Labute approximate surface area is 121 Å². The van der Waals surface area contributed by atoms with Crippen LogP contribution in [0.15, 0.2) is 18.2 Å². The molecule has 110 valence electrons. The lowest BCUT2D eigenvalue weighted by Gasteiger charge is -2.36. The number of nitrogen functional groups attached to an aromatic ring is 1. The normalized spacial score (nSPS) is 22.4. The number of amides is 1. The van der Waals surface area contributed by atoms with Crippen molar-refractivity contribution in [3.8, 4) is 0 Å². The highest BCUT2D eigenvalue weighted by Gasteiger charge is 2.24. The predicted octanol–water partition coefficient (Wildman–Crippen LogP) is 2.64. The van der Waals surface area contributed by atoms with Crippen molar-refractivity contribution in [2.24, 2.45) is 5.92 Å². The zero-order valence-electron chi connectivity index (χ0n) is 12.6. The summed E-state index contributed by atoms with van der Waals surface area (Å²) in [4.78, 5) is 14.0. The number of nitrogens with one attached hydrogen (secondary N) is 1. The van der Waals surface area contributed by atoms with Gasteiger partial charge in [-0.1, -0.05) is 19.8 Å². The van der Waals surface area contributed by atoms with Crippen molar-refractivity contribution in [1.29, 1.82) is 0 Å². The second-order valence-corrected chi connectivity index (χ2v) is 5.89. The highest BCUT2D eigenvalue weighted by Crippen LogP contribution is 2.32. The summed E-state index contributed by atoms with van der Waals surface area (Å²) >= 11 is 0. The van der Waals surface area contributed by atoms with Crippen LogP contribution >= 0.6 is 0 Å². The van der Waals surface area contributed by atoms with Gasteiger partial charge in [0.25, 0.3) is 5.91 Å². The van der Waals surface area contributed by atoms with Crippen LogP contribution in [0, 0.1) is 5.92 Å². The van der Waals surface area contributed by atoms with Gasteiger partial charge in [0.1, 0.15) is 0 Å². The number of carbonyl (C=O) groups excluding carboxylic acids is 1. The topological polar surface area (TPSA) is 58.4 Å². The summed E-state index contributed by atoms with van der Waals surface area (Å²) in [6.07, 6.45) is 4.98. The molecule has 2 atom stereocenters. The molecule has 1 aliphatic rings. The van der Waals surface area contributed by atoms with Crippen LogP contribution in [0.3, 0.4) is 0 Å². The SMILES string of the molecule is CNC(=O)c1ccc(N)c(N(C)C2CCCC(C)C2)c1. The monoisotopic (exact) mass is 275 g/mol. The van der Waals surface area contributed by atoms with Gasteiger partial charge in [0.2, 0.25) is 0 Å². The van der Waals surface area contributed by atoms with Crippen molar-refractivity contribution in [3.05, 3.63) is 23.8 Å². The van der Waals surface area contributed by atoms with E-state index in [2.05, 4.69) is 24.2 Å². The first-order valence-electron chi connectivity index (χ1n) is 7.37. The number of hydrogen-bond acceptors (Lipinski definition) is 3. The average molecular weight is 275 g/mol. The van der Waals surface area contributed by atoms with Crippen molar-refractivity contribution >= 4 is 17.3 Å². The van der Waals surface area contributed by atoms with Crippen LogP contribution in [0.4, 0.5) is 11.4 Å². The Balaban J connectivity index is 2.24. The van der Waals surface area contributed by atoms with E-state index >= 15 is 0 Å². The van der Waals surface area contributed by atoms with E-state index in [0.29, 0.717) is 11.6 Å². The summed E-state index contributed by atoms with van der Waals surface area (Å²) < 4.78 is 0. The van der Waals surface area contributed by atoms with E-state index in [-0.39, 0.29) is 5.91 Å². The summed E-state index contributed by atoms with van der Waals surface area (Å²) in [7, 11) is 3.73. The molecule has 4 nitrogen and oxygen atoms in total. The third-order valence-corrected chi connectivity index (χ3v) is 4.36. The van der Waals surface area contributed by atoms with Crippen LogP contribution in [0.5, 0.6) is 0 Å². The zero-order chi connectivity index (χ0) is 14.7. The number of nitrogens with zero attached hydrogens (tertiary/aromatic N) is 1. The van der Waals surface area contributed by atoms with Gasteiger partial charge in [0.05, 0.1) is 11.4 Å². The maximum atomic E-state index is 11.8. The van der Waals surface area contributed by atoms with Crippen molar-refractivity contribution in [2.45, 2.75) is 38.6 Å². The third-order valence-electron chi connectivity index (χ3n) is 4.36. The molecular formula is C16H25N3O. The summed E-state index contributed by atoms with van der Waals surface area (Å²) in [5, 5.41) is 2.66. The van der Waals surface area contributed by atoms with E-state index in [4.69, 9.17) is 5.73 Å². The molecule has 0 bridgehead atoms. The minimum Gasteiger partial charge on any atom is -0.397 e. The van der Waals surface area contributed by atoms with Crippen LogP contribution in [0.2, 0.25) is 0 Å².